The first-order chi connectivity index (χ1) is 12.1. The van der Waals surface area contributed by atoms with Crippen molar-refractivity contribution in [3.8, 4) is 0 Å². The number of hydrogen-bond donors (Lipinski definition) is 0. The smallest absolute Gasteiger partial charge is 0.443 e. The Labute approximate surface area is 139 Å². The number of carbonyl (C=O) groups is 3. The third-order valence-corrected chi connectivity index (χ3v) is 2.67. The molecule has 0 saturated carbocycles. The second kappa shape index (κ2) is 7.12. The van der Waals surface area contributed by atoms with Gasteiger partial charge in [-0.1, -0.05) is 0 Å². The van der Waals surface area contributed by atoms with Crippen LogP contribution in [0.15, 0.2) is 55.4 Å². The highest BCUT2D eigenvalue weighted by molar-refractivity contribution is 6.44. The van der Waals surface area contributed by atoms with E-state index < -0.39 is 25.6 Å². The first-order valence-corrected chi connectivity index (χ1v) is 6.75. The summed E-state index contributed by atoms with van der Waals surface area (Å²) in [6.07, 6.45) is 4.80. The number of hydrogen-bond acceptors (Lipinski definition) is 9. The Hall–Kier alpha value is -3.90. The van der Waals surface area contributed by atoms with Gasteiger partial charge in [-0.05, 0) is 18.2 Å². The van der Waals surface area contributed by atoms with Gasteiger partial charge >= 0.3 is 25.6 Å². The van der Waals surface area contributed by atoms with Crippen LogP contribution in [0.1, 0.15) is 0 Å². The lowest BCUT2D eigenvalue weighted by molar-refractivity contribution is 0.127. The van der Waals surface area contributed by atoms with Gasteiger partial charge in [-0.25, -0.2) is 14.4 Å². The van der Waals surface area contributed by atoms with Gasteiger partial charge in [-0.3, -0.25) is 0 Å². The van der Waals surface area contributed by atoms with Gasteiger partial charge < -0.3 is 14.0 Å². The standard InChI is InChI=1S/C12H9BN6O6/c20-10(17-7-1-4-14-17)23-13(24-11(21)18-8-2-5-15-18)25-12(22)19-9-3-6-16-19/h1-9H. The molecule has 0 unspecified atom stereocenters. The molecule has 3 aromatic heterocycles. The van der Waals surface area contributed by atoms with Crippen LogP contribution in [0.4, 0.5) is 14.4 Å². The van der Waals surface area contributed by atoms with Crippen molar-refractivity contribution >= 4 is 25.6 Å². The number of rotatable bonds is 3. The molecule has 0 spiro atoms. The molecule has 0 N–H and O–H groups in total. The molecule has 126 valence electrons. The van der Waals surface area contributed by atoms with Crippen LogP contribution in [-0.2, 0) is 14.0 Å². The van der Waals surface area contributed by atoms with Gasteiger partial charge in [0.25, 0.3) is 0 Å². The number of nitrogens with zero attached hydrogens (tertiary/aromatic N) is 6. The Kier molecular flexibility index (Phi) is 4.55. The van der Waals surface area contributed by atoms with Crippen molar-refractivity contribution in [2.45, 2.75) is 0 Å². The number of carbonyl (C=O) groups excluding carboxylic acids is 3. The highest BCUT2D eigenvalue weighted by Gasteiger charge is 2.38. The summed E-state index contributed by atoms with van der Waals surface area (Å²) in [5.74, 6) is 0. The van der Waals surface area contributed by atoms with Crippen molar-refractivity contribution in [2.75, 3.05) is 0 Å². The molecule has 3 heterocycles. The first kappa shape index (κ1) is 16.0. The van der Waals surface area contributed by atoms with Gasteiger partial charge in [-0.15, -0.1) is 0 Å². The molecule has 3 aromatic rings. The second-order valence-electron chi connectivity index (χ2n) is 4.29. The highest BCUT2D eigenvalue weighted by atomic mass is 16.8. The molecule has 0 amide bonds. The lowest BCUT2D eigenvalue weighted by Gasteiger charge is -2.12. The second-order valence-corrected chi connectivity index (χ2v) is 4.29. The van der Waals surface area contributed by atoms with Gasteiger partial charge in [0.05, 0.1) is 0 Å². The summed E-state index contributed by atoms with van der Waals surface area (Å²) in [4.78, 5) is 35.7. The molecule has 0 aliphatic heterocycles. The van der Waals surface area contributed by atoms with Crippen molar-refractivity contribution < 1.29 is 28.3 Å². The molecular formula is C12H9BN6O6. The largest absolute Gasteiger partial charge is 0.874 e. The third kappa shape index (κ3) is 3.90. The average Bonchev–Trinajstić information content (AvgIpc) is 3.38. The van der Waals surface area contributed by atoms with Crippen LogP contribution >= 0.6 is 0 Å². The minimum Gasteiger partial charge on any atom is -0.443 e. The Bertz CT molecular complexity index is 732. The SMILES string of the molecule is O=C(OB(OC(=O)n1cccn1)OC(=O)n1cccn1)n1cccn1. The monoisotopic (exact) mass is 344 g/mol. The Balaban J connectivity index is 1.71. The molecule has 13 heteroatoms. The maximum atomic E-state index is 11.9. The first-order valence-electron chi connectivity index (χ1n) is 6.75. The van der Waals surface area contributed by atoms with Crippen LogP contribution in [0.5, 0.6) is 0 Å². The van der Waals surface area contributed by atoms with Gasteiger partial charge in [0.1, 0.15) is 0 Å². The normalized spacial score (nSPS) is 10.1. The van der Waals surface area contributed by atoms with E-state index in [2.05, 4.69) is 15.3 Å². The molecular weight excluding hydrogens is 335 g/mol. The zero-order chi connectivity index (χ0) is 17.6. The third-order valence-electron chi connectivity index (χ3n) is 2.67. The molecule has 0 aromatic carbocycles. The van der Waals surface area contributed by atoms with E-state index in [1.165, 1.54) is 55.4 Å². The van der Waals surface area contributed by atoms with Crippen molar-refractivity contribution in [1.29, 1.82) is 0 Å². The van der Waals surface area contributed by atoms with Crippen LogP contribution in [0, 0.1) is 0 Å². The molecule has 0 aliphatic carbocycles. The van der Waals surface area contributed by atoms with Crippen LogP contribution in [0.2, 0.25) is 0 Å². The predicted molar refractivity (Wildman–Crippen MR) is 78.1 cm³/mol. The molecule has 25 heavy (non-hydrogen) atoms. The molecule has 12 nitrogen and oxygen atoms in total. The van der Waals surface area contributed by atoms with Crippen LogP contribution in [0.25, 0.3) is 0 Å². The maximum Gasteiger partial charge on any atom is 0.874 e. The molecule has 0 atom stereocenters. The topological polar surface area (TPSA) is 132 Å². The zero-order valence-electron chi connectivity index (χ0n) is 12.4. The van der Waals surface area contributed by atoms with Gasteiger partial charge in [0.2, 0.25) is 0 Å². The highest BCUT2D eigenvalue weighted by Crippen LogP contribution is 2.02. The quantitative estimate of drug-likeness (QED) is 0.627. The molecule has 0 radical (unpaired) electrons. The lowest BCUT2D eigenvalue weighted by Crippen LogP contribution is -2.38. The summed E-state index contributed by atoms with van der Waals surface area (Å²) < 4.78 is 16.9. The Morgan fingerprint density at radius 2 is 0.960 bits per heavy atom. The van der Waals surface area contributed by atoms with Crippen LogP contribution in [-0.4, -0.2) is 54.9 Å². The summed E-state index contributed by atoms with van der Waals surface area (Å²) >= 11 is 0. The summed E-state index contributed by atoms with van der Waals surface area (Å²) in [5.41, 5.74) is 0. The average molecular weight is 344 g/mol. The summed E-state index contributed by atoms with van der Waals surface area (Å²) in [6, 6.07) is 4.42. The van der Waals surface area contributed by atoms with E-state index in [0.29, 0.717) is 0 Å². The van der Waals surface area contributed by atoms with E-state index in [-0.39, 0.29) is 0 Å². The van der Waals surface area contributed by atoms with Crippen molar-refractivity contribution in [1.82, 2.24) is 29.3 Å². The van der Waals surface area contributed by atoms with E-state index in [1.54, 1.807) is 0 Å². The zero-order valence-corrected chi connectivity index (χ0v) is 12.4. The van der Waals surface area contributed by atoms with Crippen molar-refractivity contribution in [2.24, 2.45) is 0 Å². The van der Waals surface area contributed by atoms with E-state index in [1.807, 2.05) is 0 Å². The molecule has 0 saturated heterocycles. The van der Waals surface area contributed by atoms with Crippen molar-refractivity contribution in [3.63, 3.8) is 0 Å². The van der Waals surface area contributed by atoms with E-state index in [4.69, 9.17) is 14.0 Å². The van der Waals surface area contributed by atoms with Gasteiger partial charge in [0.15, 0.2) is 0 Å². The molecule has 0 fully saturated rings. The lowest BCUT2D eigenvalue weighted by atomic mass is 10.2. The minimum atomic E-state index is -1.98. The minimum absolute atomic E-state index is 0.816. The summed E-state index contributed by atoms with van der Waals surface area (Å²) in [5, 5.41) is 11.0. The Morgan fingerprint density at radius 3 is 1.20 bits per heavy atom. The van der Waals surface area contributed by atoms with E-state index >= 15 is 0 Å². The molecule has 0 aliphatic rings. The van der Waals surface area contributed by atoms with E-state index in [9.17, 15) is 14.4 Å². The van der Waals surface area contributed by atoms with Gasteiger partial charge in [0, 0.05) is 37.2 Å². The molecule has 3 rings (SSSR count). The summed E-state index contributed by atoms with van der Waals surface area (Å²) in [7, 11) is -1.98. The molecule has 0 bridgehead atoms. The Morgan fingerprint density at radius 1 is 0.640 bits per heavy atom. The fraction of sp³-hybridized carbons (Fsp3) is 0. The predicted octanol–water partition coefficient (Wildman–Crippen LogP) is 0.615. The summed E-state index contributed by atoms with van der Waals surface area (Å²) in [6.45, 7) is 0. The van der Waals surface area contributed by atoms with Crippen LogP contribution in [0.3, 0.4) is 0 Å². The number of aromatic nitrogens is 6. The maximum absolute atomic E-state index is 11.9. The fourth-order valence-corrected chi connectivity index (χ4v) is 1.61. The van der Waals surface area contributed by atoms with E-state index in [0.717, 1.165) is 14.0 Å². The van der Waals surface area contributed by atoms with Gasteiger partial charge in [-0.2, -0.15) is 29.3 Å². The van der Waals surface area contributed by atoms with Crippen molar-refractivity contribution in [3.05, 3.63) is 55.4 Å². The fourth-order valence-electron chi connectivity index (χ4n) is 1.61. The van der Waals surface area contributed by atoms with Crippen LogP contribution < -0.4 is 0 Å².